The summed E-state index contributed by atoms with van der Waals surface area (Å²) in [6.07, 6.45) is 4.51. The van der Waals surface area contributed by atoms with Gasteiger partial charge in [-0.05, 0) is 90.6 Å². The molecule has 1 aliphatic heterocycles. The summed E-state index contributed by atoms with van der Waals surface area (Å²) in [6, 6.07) is 11.5. The molecule has 1 heterocycles. The Morgan fingerprint density at radius 1 is 0.972 bits per heavy atom. The average Bonchev–Trinajstić information content (AvgIpc) is 2.87. The summed E-state index contributed by atoms with van der Waals surface area (Å²) >= 11 is 8.27. The van der Waals surface area contributed by atoms with Crippen LogP contribution in [0.25, 0.3) is 0 Å². The molecule has 7 heteroatoms. The molecule has 0 saturated heterocycles. The Bertz CT molecular complexity index is 1240. The van der Waals surface area contributed by atoms with Crippen LogP contribution >= 0.6 is 34.2 Å². The number of carbonyl (C=O) groups is 2. The van der Waals surface area contributed by atoms with E-state index in [2.05, 4.69) is 34.4 Å². The number of methoxy groups -OCH3 is 1. The van der Waals surface area contributed by atoms with Gasteiger partial charge in [-0.2, -0.15) is 0 Å². The number of benzene rings is 2. The molecule has 0 fully saturated rings. The van der Waals surface area contributed by atoms with Gasteiger partial charge in [-0.15, -0.1) is 0 Å². The Labute approximate surface area is 230 Å². The summed E-state index contributed by atoms with van der Waals surface area (Å²) < 4.78 is 12.8. The number of hydrogen-bond acceptors (Lipinski definition) is 5. The van der Waals surface area contributed by atoms with Crippen molar-refractivity contribution >= 4 is 45.8 Å². The zero-order valence-electron chi connectivity index (χ0n) is 20.5. The molecule has 0 spiro atoms. The molecule has 5 nitrogen and oxygen atoms in total. The van der Waals surface area contributed by atoms with Crippen molar-refractivity contribution in [3.05, 3.63) is 78.7 Å². The van der Waals surface area contributed by atoms with E-state index in [9.17, 15) is 9.59 Å². The van der Waals surface area contributed by atoms with E-state index in [0.717, 1.165) is 69.5 Å². The lowest BCUT2D eigenvalue weighted by Gasteiger charge is -2.43. The zero-order valence-corrected chi connectivity index (χ0v) is 23.4. The van der Waals surface area contributed by atoms with E-state index >= 15 is 0 Å². The molecule has 3 aliphatic rings. The number of ketones is 2. The number of halogens is 2. The Balaban J connectivity index is 1.59. The molecule has 188 valence electrons. The maximum Gasteiger partial charge on any atom is 0.174 e. The van der Waals surface area contributed by atoms with Gasteiger partial charge in [-0.3, -0.25) is 9.59 Å². The number of allylic oxidation sites excluding steroid dienone is 4. The van der Waals surface area contributed by atoms with Gasteiger partial charge < -0.3 is 14.4 Å². The van der Waals surface area contributed by atoms with Crippen LogP contribution in [0.15, 0.2) is 58.9 Å². The van der Waals surface area contributed by atoms with Gasteiger partial charge in [0.1, 0.15) is 6.61 Å². The first kappa shape index (κ1) is 25.3. The number of hydrogen-bond donors (Lipinski definition) is 0. The van der Waals surface area contributed by atoms with Crippen LogP contribution in [0, 0.1) is 3.57 Å². The molecule has 0 amide bonds. The third-order valence-corrected chi connectivity index (χ3v) is 8.34. The lowest BCUT2D eigenvalue weighted by Crippen LogP contribution is -2.39. The normalized spacial score (nSPS) is 18.4. The topological polar surface area (TPSA) is 55.8 Å². The molecule has 2 aromatic carbocycles. The average molecular weight is 618 g/mol. The maximum absolute atomic E-state index is 13.4. The second-order valence-corrected chi connectivity index (χ2v) is 11.0. The van der Waals surface area contributed by atoms with Gasteiger partial charge in [0.2, 0.25) is 0 Å². The van der Waals surface area contributed by atoms with Crippen molar-refractivity contribution in [2.24, 2.45) is 0 Å². The van der Waals surface area contributed by atoms with Crippen molar-refractivity contribution in [1.82, 2.24) is 4.90 Å². The molecule has 0 atom stereocenters. The monoisotopic (exact) mass is 617 g/mol. The summed E-state index contributed by atoms with van der Waals surface area (Å²) in [7, 11) is 1.62. The van der Waals surface area contributed by atoms with Gasteiger partial charge in [0.05, 0.1) is 10.7 Å². The minimum atomic E-state index is -0.355. The molecule has 0 saturated carbocycles. The predicted molar refractivity (Wildman–Crippen MR) is 148 cm³/mol. The van der Waals surface area contributed by atoms with Crippen LogP contribution in [0.4, 0.5) is 0 Å². The van der Waals surface area contributed by atoms with Crippen LogP contribution in [-0.2, 0) is 16.2 Å². The number of ether oxygens (including phenoxy) is 2. The van der Waals surface area contributed by atoms with Crippen LogP contribution in [0.1, 0.15) is 62.5 Å². The first-order valence-corrected chi connectivity index (χ1v) is 13.9. The number of nitrogens with zero attached hydrogens (tertiary/aromatic N) is 1. The second kappa shape index (κ2) is 10.6. The van der Waals surface area contributed by atoms with Crippen LogP contribution in [-0.4, -0.2) is 30.1 Å². The van der Waals surface area contributed by atoms with Gasteiger partial charge in [0.25, 0.3) is 0 Å². The van der Waals surface area contributed by atoms with E-state index in [1.165, 1.54) is 0 Å². The summed E-state index contributed by atoms with van der Waals surface area (Å²) in [5.41, 5.74) is 5.71. The van der Waals surface area contributed by atoms with Crippen LogP contribution in [0.3, 0.4) is 0 Å². The SMILES string of the molecule is CCN1C2=C(C(=O)CCC2)C(c2cc(I)c(OCc3ccc(Cl)cc3)c(OC)c2)C2=C1CCCC2=O. The van der Waals surface area contributed by atoms with Crippen molar-refractivity contribution in [2.75, 3.05) is 13.7 Å². The number of rotatable bonds is 6. The molecule has 0 aromatic heterocycles. The molecular weight excluding hydrogens is 589 g/mol. The highest BCUT2D eigenvalue weighted by atomic mass is 127. The fourth-order valence-electron chi connectivity index (χ4n) is 5.71. The summed E-state index contributed by atoms with van der Waals surface area (Å²) in [4.78, 5) is 29.0. The highest BCUT2D eigenvalue weighted by molar-refractivity contribution is 14.1. The number of Topliss-reactive ketones (excluding diaryl/α,β-unsaturated/α-hetero) is 2. The maximum atomic E-state index is 13.4. The molecule has 0 N–H and O–H groups in total. The largest absolute Gasteiger partial charge is 0.493 e. The molecule has 0 radical (unpaired) electrons. The van der Waals surface area contributed by atoms with Gasteiger partial charge in [0, 0.05) is 52.9 Å². The summed E-state index contributed by atoms with van der Waals surface area (Å²) in [5, 5.41) is 0.682. The predicted octanol–water partition coefficient (Wildman–Crippen LogP) is 6.97. The van der Waals surface area contributed by atoms with Crippen LogP contribution in [0.5, 0.6) is 11.5 Å². The fraction of sp³-hybridized carbons (Fsp3) is 0.379. The van der Waals surface area contributed by atoms with E-state index in [1.54, 1.807) is 7.11 Å². The Morgan fingerprint density at radius 2 is 1.58 bits per heavy atom. The molecular formula is C29H29ClINO4. The molecule has 2 aromatic rings. The van der Waals surface area contributed by atoms with E-state index in [1.807, 2.05) is 36.4 Å². The smallest absolute Gasteiger partial charge is 0.174 e. The van der Waals surface area contributed by atoms with Crippen molar-refractivity contribution in [3.8, 4) is 11.5 Å². The van der Waals surface area contributed by atoms with Crippen LogP contribution < -0.4 is 9.47 Å². The highest BCUT2D eigenvalue weighted by Gasteiger charge is 2.43. The van der Waals surface area contributed by atoms with E-state index in [0.29, 0.717) is 36.0 Å². The molecule has 0 bridgehead atoms. The second-order valence-electron chi connectivity index (χ2n) is 9.40. The third-order valence-electron chi connectivity index (χ3n) is 7.28. The molecule has 2 aliphatic carbocycles. The third kappa shape index (κ3) is 4.58. The molecule has 0 unspecified atom stereocenters. The quantitative estimate of drug-likeness (QED) is 0.328. The lowest BCUT2D eigenvalue weighted by molar-refractivity contribution is -0.117. The first-order chi connectivity index (χ1) is 17.4. The summed E-state index contributed by atoms with van der Waals surface area (Å²) in [6.45, 7) is 3.25. The standard InChI is InChI=1S/C29H29ClINO4/c1-3-32-21-6-4-8-23(33)27(21)26(28-22(32)7-5-9-24(28)34)18-14-20(31)29(25(15-18)35-2)36-16-17-10-12-19(30)13-11-17/h10-15,26H,3-9,16H2,1-2H3. The van der Waals surface area contributed by atoms with Gasteiger partial charge in [-0.1, -0.05) is 23.7 Å². The Kier molecular flexibility index (Phi) is 7.45. The first-order valence-electron chi connectivity index (χ1n) is 12.5. The van der Waals surface area contributed by atoms with E-state index in [4.69, 9.17) is 21.1 Å². The highest BCUT2D eigenvalue weighted by Crippen LogP contribution is 2.50. The van der Waals surface area contributed by atoms with Crippen molar-refractivity contribution < 1.29 is 19.1 Å². The van der Waals surface area contributed by atoms with Gasteiger partial charge in [-0.25, -0.2) is 0 Å². The molecule has 36 heavy (non-hydrogen) atoms. The van der Waals surface area contributed by atoms with E-state index < -0.39 is 0 Å². The van der Waals surface area contributed by atoms with Crippen molar-refractivity contribution in [3.63, 3.8) is 0 Å². The molecule has 5 rings (SSSR count). The van der Waals surface area contributed by atoms with Gasteiger partial charge in [0.15, 0.2) is 23.1 Å². The minimum Gasteiger partial charge on any atom is -0.493 e. The Hall–Kier alpha value is -2.32. The van der Waals surface area contributed by atoms with Gasteiger partial charge >= 0.3 is 0 Å². The van der Waals surface area contributed by atoms with Crippen molar-refractivity contribution in [2.45, 2.75) is 58.0 Å². The van der Waals surface area contributed by atoms with Crippen molar-refractivity contribution in [1.29, 1.82) is 0 Å². The number of carbonyl (C=O) groups excluding carboxylic acids is 2. The lowest BCUT2D eigenvalue weighted by atomic mass is 9.71. The van der Waals surface area contributed by atoms with Crippen LogP contribution in [0.2, 0.25) is 5.02 Å². The zero-order chi connectivity index (χ0) is 25.4. The van der Waals surface area contributed by atoms with E-state index in [-0.39, 0.29) is 17.5 Å². The minimum absolute atomic E-state index is 0.154. The summed E-state index contributed by atoms with van der Waals surface area (Å²) in [5.74, 6) is 1.20. The fourth-order valence-corrected chi connectivity index (χ4v) is 6.62. The Morgan fingerprint density at radius 3 is 2.14 bits per heavy atom.